The summed E-state index contributed by atoms with van der Waals surface area (Å²) in [7, 11) is 4.59. The van der Waals surface area contributed by atoms with Crippen LogP contribution in [0.1, 0.15) is 5.56 Å². The molecule has 0 unspecified atom stereocenters. The summed E-state index contributed by atoms with van der Waals surface area (Å²) in [4.78, 5) is 10.5. The summed E-state index contributed by atoms with van der Waals surface area (Å²) in [5.74, 6) is 0.360. The minimum atomic E-state index is -1.02. The molecule has 0 fully saturated rings. The average molecular weight is 282 g/mol. The van der Waals surface area contributed by atoms with Gasteiger partial charge in [0.1, 0.15) is 6.61 Å². The highest BCUT2D eigenvalue weighted by atomic mass is 16.6. The summed E-state index contributed by atoms with van der Waals surface area (Å²) in [5, 5.41) is 8.64. The zero-order valence-corrected chi connectivity index (χ0v) is 11.7. The molecule has 1 aromatic carbocycles. The Bertz CT molecular complexity index is 456. The standard InChI is InChI=1S/C14H18O6/c1-17-6-7-20-14-11(18-2)8-10(4-5-13(15)16)9-12(14)19-3/h4-5,8-9H,6-7H2,1-3H3,(H,15,16)/b5-4+. The number of hydrogen-bond donors (Lipinski definition) is 1. The summed E-state index contributed by atoms with van der Waals surface area (Å²) >= 11 is 0. The predicted molar refractivity (Wildman–Crippen MR) is 73.6 cm³/mol. The molecule has 1 aromatic rings. The zero-order valence-electron chi connectivity index (χ0n) is 11.7. The number of carboxylic acids is 1. The molecule has 110 valence electrons. The molecule has 0 aliphatic rings. The number of aliphatic carboxylic acids is 1. The van der Waals surface area contributed by atoms with Gasteiger partial charge < -0.3 is 24.1 Å². The van der Waals surface area contributed by atoms with Crippen molar-refractivity contribution in [2.45, 2.75) is 0 Å². The molecule has 6 heteroatoms. The van der Waals surface area contributed by atoms with Crippen LogP contribution in [0.4, 0.5) is 0 Å². The summed E-state index contributed by atoms with van der Waals surface area (Å²) in [5.41, 5.74) is 0.639. The number of ether oxygens (including phenoxy) is 4. The molecule has 0 saturated carbocycles. The Labute approximate surface area is 117 Å². The van der Waals surface area contributed by atoms with Crippen molar-refractivity contribution in [2.75, 3.05) is 34.5 Å². The second kappa shape index (κ2) is 8.06. The van der Waals surface area contributed by atoms with Crippen molar-refractivity contribution < 1.29 is 28.8 Å². The lowest BCUT2D eigenvalue weighted by atomic mass is 10.1. The molecule has 0 radical (unpaired) electrons. The Kier molecular flexibility index (Phi) is 6.39. The quantitative estimate of drug-likeness (QED) is 0.579. The first-order chi connectivity index (χ1) is 9.62. The summed E-state index contributed by atoms with van der Waals surface area (Å²) < 4.78 is 20.9. The second-order valence-electron chi connectivity index (χ2n) is 3.77. The molecular formula is C14H18O6. The van der Waals surface area contributed by atoms with Gasteiger partial charge in [0.15, 0.2) is 11.5 Å². The number of rotatable bonds is 8. The van der Waals surface area contributed by atoms with Gasteiger partial charge in [0, 0.05) is 13.2 Å². The number of carboxylic acid groups (broad SMARTS) is 1. The van der Waals surface area contributed by atoms with Crippen LogP contribution in [0, 0.1) is 0 Å². The molecule has 0 saturated heterocycles. The predicted octanol–water partition coefficient (Wildman–Crippen LogP) is 1.83. The molecule has 6 nitrogen and oxygen atoms in total. The van der Waals surface area contributed by atoms with Gasteiger partial charge in [0.05, 0.1) is 20.8 Å². The van der Waals surface area contributed by atoms with Crippen molar-refractivity contribution in [1.82, 2.24) is 0 Å². The van der Waals surface area contributed by atoms with Crippen LogP contribution >= 0.6 is 0 Å². The SMILES string of the molecule is COCCOc1c(OC)cc(/C=C/C(=O)O)cc1OC. The topological polar surface area (TPSA) is 74.2 Å². The monoisotopic (exact) mass is 282 g/mol. The maximum Gasteiger partial charge on any atom is 0.328 e. The van der Waals surface area contributed by atoms with Gasteiger partial charge in [-0.2, -0.15) is 0 Å². The van der Waals surface area contributed by atoms with Gasteiger partial charge in [-0.05, 0) is 23.8 Å². The maximum atomic E-state index is 10.5. The third-order valence-electron chi connectivity index (χ3n) is 2.44. The number of methoxy groups -OCH3 is 3. The minimum absolute atomic E-state index is 0.355. The van der Waals surface area contributed by atoms with E-state index < -0.39 is 5.97 Å². The van der Waals surface area contributed by atoms with Gasteiger partial charge in [-0.25, -0.2) is 4.79 Å². The van der Waals surface area contributed by atoms with Gasteiger partial charge in [0.2, 0.25) is 5.75 Å². The van der Waals surface area contributed by atoms with Crippen LogP contribution in [0.3, 0.4) is 0 Å². The van der Waals surface area contributed by atoms with E-state index in [0.29, 0.717) is 36.0 Å². The molecule has 1 N–H and O–H groups in total. The molecule has 0 aromatic heterocycles. The minimum Gasteiger partial charge on any atom is -0.493 e. The highest BCUT2D eigenvalue weighted by molar-refractivity contribution is 5.85. The van der Waals surface area contributed by atoms with Crippen LogP contribution < -0.4 is 14.2 Å². The molecule has 0 aliphatic carbocycles. The Morgan fingerprint density at radius 2 is 1.75 bits per heavy atom. The van der Waals surface area contributed by atoms with E-state index in [0.717, 1.165) is 6.08 Å². The molecule has 0 bridgehead atoms. The second-order valence-corrected chi connectivity index (χ2v) is 3.77. The lowest BCUT2D eigenvalue weighted by Gasteiger charge is -2.15. The number of hydrogen-bond acceptors (Lipinski definition) is 5. The van der Waals surface area contributed by atoms with Crippen molar-refractivity contribution in [3.05, 3.63) is 23.8 Å². The lowest BCUT2D eigenvalue weighted by molar-refractivity contribution is -0.131. The Balaban J connectivity index is 3.07. The molecule has 0 spiro atoms. The van der Waals surface area contributed by atoms with E-state index in [1.807, 2.05) is 0 Å². The van der Waals surface area contributed by atoms with Crippen molar-refractivity contribution in [2.24, 2.45) is 0 Å². The van der Waals surface area contributed by atoms with Crippen molar-refractivity contribution in [1.29, 1.82) is 0 Å². The molecule has 0 atom stereocenters. The van der Waals surface area contributed by atoms with Crippen LogP contribution in [-0.2, 0) is 9.53 Å². The lowest BCUT2D eigenvalue weighted by Crippen LogP contribution is -2.06. The van der Waals surface area contributed by atoms with Crippen molar-refractivity contribution in [3.63, 3.8) is 0 Å². The fraction of sp³-hybridized carbons (Fsp3) is 0.357. The van der Waals surface area contributed by atoms with Crippen molar-refractivity contribution in [3.8, 4) is 17.2 Å². The fourth-order valence-corrected chi connectivity index (χ4v) is 1.53. The first-order valence-electron chi connectivity index (χ1n) is 5.91. The van der Waals surface area contributed by atoms with E-state index in [1.54, 1.807) is 19.2 Å². The van der Waals surface area contributed by atoms with Crippen LogP contribution in [0.2, 0.25) is 0 Å². The maximum absolute atomic E-state index is 10.5. The van der Waals surface area contributed by atoms with Gasteiger partial charge in [0.25, 0.3) is 0 Å². The first-order valence-corrected chi connectivity index (χ1v) is 5.91. The van der Waals surface area contributed by atoms with Gasteiger partial charge >= 0.3 is 5.97 Å². The normalized spacial score (nSPS) is 10.6. The van der Waals surface area contributed by atoms with E-state index in [2.05, 4.69) is 0 Å². The van der Waals surface area contributed by atoms with E-state index in [1.165, 1.54) is 20.3 Å². The third-order valence-corrected chi connectivity index (χ3v) is 2.44. The van der Waals surface area contributed by atoms with E-state index in [-0.39, 0.29) is 0 Å². The Morgan fingerprint density at radius 3 is 2.20 bits per heavy atom. The zero-order chi connectivity index (χ0) is 15.0. The summed E-state index contributed by atoms with van der Waals surface area (Å²) in [6, 6.07) is 3.34. The average Bonchev–Trinajstić information content (AvgIpc) is 2.45. The summed E-state index contributed by atoms with van der Waals surface area (Å²) in [6.07, 6.45) is 2.49. The fourth-order valence-electron chi connectivity index (χ4n) is 1.53. The van der Waals surface area contributed by atoms with E-state index in [9.17, 15) is 4.79 Å². The largest absolute Gasteiger partial charge is 0.493 e. The Morgan fingerprint density at radius 1 is 1.15 bits per heavy atom. The number of carbonyl (C=O) groups is 1. The number of benzene rings is 1. The molecule has 0 heterocycles. The molecule has 20 heavy (non-hydrogen) atoms. The van der Waals surface area contributed by atoms with Crippen LogP contribution in [0.15, 0.2) is 18.2 Å². The molecular weight excluding hydrogens is 264 g/mol. The molecule has 0 amide bonds. The molecule has 1 rings (SSSR count). The van der Waals surface area contributed by atoms with Crippen LogP contribution in [0.25, 0.3) is 6.08 Å². The highest BCUT2D eigenvalue weighted by Crippen LogP contribution is 2.38. The van der Waals surface area contributed by atoms with Crippen LogP contribution in [0.5, 0.6) is 17.2 Å². The van der Waals surface area contributed by atoms with E-state index in [4.69, 9.17) is 24.1 Å². The van der Waals surface area contributed by atoms with Gasteiger partial charge in [-0.1, -0.05) is 0 Å². The highest BCUT2D eigenvalue weighted by Gasteiger charge is 2.13. The third kappa shape index (κ3) is 4.47. The first kappa shape index (κ1) is 15.8. The van der Waals surface area contributed by atoms with Crippen LogP contribution in [-0.4, -0.2) is 45.6 Å². The van der Waals surface area contributed by atoms with Gasteiger partial charge in [-0.3, -0.25) is 0 Å². The van der Waals surface area contributed by atoms with Gasteiger partial charge in [-0.15, -0.1) is 0 Å². The Hall–Kier alpha value is -2.21. The summed E-state index contributed by atoms with van der Waals surface area (Å²) in [6.45, 7) is 0.792. The smallest absolute Gasteiger partial charge is 0.328 e. The van der Waals surface area contributed by atoms with Crippen molar-refractivity contribution >= 4 is 12.0 Å². The van der Waals surface area contributed by atoms with E-state index >= 15 is 0 Å². The molecule has 0 aliphatic heterocycles.